The molecule has 0 atom stereocenters. The molecule has 0 unspecified atom stereocenters. The molecule has 0 saturated heterocycles. The molecule has 0 bridgehead atoms. The number of rotatable bonds is 9. The summed E-state index contributed by atoms with van der Waals surface area (Å²) in [7, 11) is 0. The average Bonchev–Trinajstić information content (AvgIpc) is 3.29. The van der Waals surface area contributed by atoms with Crippen LogP contribution >= 0.6 is 11.8 Å². The summed E-state index contributed by atoms with van der Waals surface area (Å²) in [6.07, 6.45) is 0. The maximum Gasteiger partial charge on any atom is 0.273 e. The predicted octanol–water partition coefficient (Wildman–Crippen LogP) is 4.45. The molecule has 0 spiro atoms. The van der Waals surface area contributed by atoms with Crippen LogP contribution in [0.2, 0.25) is 0 Å². The molecule has 2 amide bonds. The first-order chi connectivity index (χ1) is 17.8. The van der Waals surface area contributed by atoms with Gasteiger partial charge in [0.15, 0.2) is 11.0 Å². The summed E-state index contributed by atoms with van der Waals surface area (Å²) in [4.78, 5) is 36.0. The van der Waals surface area contributed by atoms with E-state index in [1.54, 1.807) is 11.5 Å². The number of benzene rings is 3. The van der Waals surface area contributed by atoms with E-state index in [4.69, 9.17) is 0 Å². The third-order valence-electron chi connectivity index (χ3n) is 5.42. The Bertz CT molecular complexity index is 1450. The second-order valence-corrected chi connectivity index (χ2v) is 9.16. The zero-order chi connectivity index (χ0) is 26.4. The van der Waals surface area contributed by atoms with E-state index in [2.05, 4.69) is 20.8 Å². The summed E-state index contributed by atoms with van der Waals surface area (Å²) >= 11 is 1.22. The molecule has 0 saturated carbocycles. The number of aryl methyl sites for hydroxylation is 2. The Balaban J connectivity index is 1.49. The van der Waals surface area contributed by atoms with Crippen LogP contribution in [0.3, 0.4) is 0 Å². The molecule has 0 aliphatic heterocycles. The van der Waals surface area contributed by atoms with Gasteiger partial charge in [0.2, 0.25) is 5.91 Å². The van der Waals surface area contributed by atoms with Crippen molar-refractivity contribution in [3.8, 4) is 5.69 Å². The van der Waals surface area contributed by atoms with Crippen LogP contribution < -0.4 is 10.6 Å². The lowest BCUT2D eigenvalue weighted by Gasteiger charge is -2.11. The SMILES string of the molecule is Cc1cccc(NC(=O)CSc2nnc(CNC(=O)c3ccc(C)c([N+](=O)[O-])c3)n2-c2ccccc2)c1. The molecule has 10 nitrogen and oxygen atoms in total. The van der Waals surface area contributed by atoms with Gasteiger partial charge in [0.05, 0.1) is 17.2 Å². The highest BCUT2D eigenvalue weighted by Gasteiger charge is 2.19. The fourth-order valence-corrected chi connectivity index (χ4v) is 4.37. The van der Waals surface area contributed by atoms with Crippen molar-refractivity contribution < 1.29 is 14.5 Å². The number of hydrogen-bond acceptors (Lipinski definition) is 7. The lowest BCUT2D eigenvalue weighted by molar-refractivity contribution is -0.385. The standard InChI is InChI=1S/C26H24N6O4S/c1-17-7-6-8-20(13-17)28-24(33)16-37-26-30-29-23(31(26)21-9-4-3-5-10-21)15-27-25(34)19-12-11-18(2)22(14-19)32(35)36/h3-14H,15-16H2,1-2H3,(H,27,34)(H,28,33). The summed E-state index contributed by atoms with van der Waals surface area (Å²) in [5.74, 6) is -0.104. The predicted molar refractivity (Wildman–Crippen MR) is 141 cm³/mol. The molecule has 0 fully saturated rings. The molecule has 4 aromatic rings. The number of nitrogens with one attached hydrogen (secondary N) is 2. The fraction of sp³-hybridized carbons (Fsp3) is 0.154. The fourth-order valence-electron chi connectivity index (χ4n) is 3.60. The van der Waals surface area contributed by atoms with Crippen LogP contribution in [0.25, 0.3) is 5.69 Å². The Labute approximate surface area is 217 Å². The third kappa shape index (κ3) is 6.39. The first-order valence-corrected chi connectivity index (χ1v) is 12.3. The van der Waals surface area contributed by atoms with Gasteiger partial charge in [-0.2, -0.15) is 0 Å². The van der Waals surface area contributed by atoms with Crippen molar-refractivity contribution >= 4 is 35.0 Å². The van der Waals surface area contributed by atoms with Crippen molar-refractivity contribution in [3.63, 3.8) is 0 Å². The molecular formula is C26H24N6O4S. The second kappa shape index (κ2) is 11.5. The van der Waals surface area contributed by atoms with Crippen LogP contribution in [0.1, 0.15) is 27.3 Å². The third-order valence-corrected chi connectivity index (χ3v) is 6.35. The van der Waals surface area contributed by atoms with Gasteiger partial charge in [0, 0.05) is 28.6 Å². The van der Waals surface area contributed by atoms with Gasteiger partial charge in [0.25, 0.3) is 11.6 Å². The van der Waals surface area contributed by atoms with Gasteiger partial charge in [0.1, 0.15) is 0 Å². The van der Waals surface area contributed by atoms with Crippen LogP contribution in [0.4, 0.5) is 11.4 Å². The van der Waals surface area contributed by atoms with Crippen molar-refractivity contribution in [2.24, 2.45) is 0 Å². The molecule has 11 heteroatoms. The van der Waals surface area contributed by atoms with Crippen molar-refractivity contribution in [1.82, 2.24) is 20.1 Å². The Morgan fingerprint density at radius 3 is 2.51 bits per heavy atom. The Kier molecular flexibility index (Phi) is 7.94. The number of anilines is 1. The molecule has 1 aromatic heterocycles. The number of nitro benzene ring substituents is 1. The Hall–Kier alpha value is -4.51. The zero-order valence-corrected chi connectivity index (χ0v) is 21.0. The van der Waals surface area contributed by atoms with E-state index in [0.717, 1.165) is 16.9 Å². The van der Waals surface area contributed by atoms with Crippen LogP contribution in [-0.2, 0) is 11.3 Å². The number of amides is 2. The minimum Gasteiger partial charge on any atom is -0.345 e. The monoisotopic (exact) mass is 516 g/mol. The molecule has 188 valence electrons. The van der Waals surface area contributed by atoms with Crippen molar-refractivity contribution in [3.05, 3.63) is 105 Å². The summed E-state index contributed by atoms with van der Waals surface area (Å²) in [5.41, 5.74) is 3.05. The molecule has 4 rings (SSSR count). The summed E-state index contributed by atoms with van der Waals surface area (Å²) in [6.45, 7) is 3.59. The molecular weight excluding hydrogens is 492 g/mol. The largest absolute Gasteiger partial charge is 0.345 e. The number of hydrogen-bond donors (Lipinski definition) is 2. The maximum atomic E-state index is 12.7. The number of aromatic nitrogens is 3. The van der Waals surface area contributed by atoms with Gasteiger partial charge >= 0.3 is 0 Å². The van der Waals surface area contributed by atoms with Crippen molar-refractivity contribution in [2.75, 3.05) is 11.1 Å². The van der Waals surface area contributed by atoms with Gasteiger partial charge in [-0.15, -0.1) is 10.2 Å². The minimum atomic E-state index is -0.517. The van der Waals surface area contributed by atoms with Crippen LogP contribution in [0.15, 0.2) is 78.0 Å². The Morgan fingerprint density at radius 1 is 1.00 bits per heavy atom. The zero-order valence-electron chi connectivity index (χ0n) is 20.2. The number of thioether (sulfide) groups is 1. The van der Waals surface area contributed by atoms with Gasteiger partial charge in [-0.1, -0.05) is 48.2 Å². The van der Waals surface area contributed by atoms with E-state index in [9.17, 15) is 19.7 Å². The van der Waals surface area contributed by atoms with Gasteiger partial charge in [-0.3, -0.25) is 24.3 Å². The molecule has 2 N–H and O–H groups in total. The van der Waals surface area contributed by atoms with E-state index < -0.39 is 10.8 Å². The van der Waals surface area contributed by atoms with Crippen molar-refractivity contribution in [1.29, 1.82) is 0 Å². The summed E-state index contributed by atoms with van der Waals surface area (Å²) in [6, 6.07) is 21.2. The summed E-state index contributed by atoms with van der Waals surface area (Å²) < 4.78 is 1.77. The second-order valence-electron chi connectivity index (χ2n) is 8.22. The molecule has 37 heavy (non-hydrogen) atoms. The highest BCUT2D eigenvalue weighted by molar-refractivity contribution is 7.99. The van der Waals surface area contributed by atoms with Crippen LogP contribution in [0.5, 0.6) is 0 Å². The van der Waals surface area contributed by atoms with E-state index in [1.165, 1.54) is 30.0 Å². The van der Waals surface area contributed by atoms with Gasteiger partial charge < -0.3 is 10.6 Å². The topological polar surface area (TPSA) is 132 Å². The molecule has 3 aromatic carbocycles. The lowest BCUT2D eigenvalue weighted by Crippen LogP contribution is -2.25. The van der Waals surface area contributed by atoms with Gasteiger partial charge in [-0.05, 0) is 49.7 Å². The first kappa shape index (κ1) is 25.6. The number of carbonyl (C=O) groups is 2. The quantitative estimate of drug-likeness (QED) is 0.191. The molecule has 0 aliphatic carbocycles. The number of nitro groups is 1. The smallest absolute Gasteiger partial charge is 0.273 e. The molecule has 1 heterocycles. The highest BCUT2D eigenvalue weighted by atomic mass is 32.2. The normalized spacial score (nSPS) is 10.6. The van der Waals surface area contributed by atoms with Crippen molar-refractivity contribution in [2.45, 2.75) is 25.5 Å². The number of carbonyl (C=O) groups excluding carboxylic acids is 2. The molecule has 0 aliphatic rings. The number of nitrogens with zero attached hydrogens (tertiary/aromatic N) is 4. The van der Waals surface area contributed by atoms with E-state index >= 15 is 0 Å². The number of para-hydroxylation sites is 1. The highest BCUT2D eigenvalue weighted by Crippen LogP contribution is 2.23. The van der Waals surface area contributed by atoms with Gasteiger partial charge in [-0.25, -0.2) is 0 Å². The average molecular weight is 517 g/mol. The summed E-state index contributed by atoms with van der Waals surface area (Å²) in [5, 5.41) is 25.8. The van der Waals surface area contributed by atoms with Crippen LogP contribution in [0, 0.1) is 24.0 Å². The van der Waals surface area contributed by atoms with E-state index in [-0.39, 0.29) is 29.5 Å². The van der Waals surface area contributed by atoms with Crippen LogP contribution in [-0.4, -0.2) is 37.3 Å². The first-order valence-electron chi connectivity index (χ1n) is 11.3. The lowest BCUT2D eigenvalue weighted by atomic mass is 10.1. The van der Waals surface area contributed by atoms with E-state index in [0.29, 0.717) is 16.5 Å². The van der Waals surface area contributed by atoms with E-state index in [1.807, 2.05) is 61.5 Å². The Morgan fingerprint density at radius 2 is 1.78 bits per heavy atom. The maximum absolute atomic E-state index is 12.7. The molecule has 0 radical (unpaired) electrons. The minimum absolute atomic E-state index is 0.0262.